The summed E-state index contributed by atoms with van der Waals surface area (Å²) < 4.78 is 0. The summed E-state index contributed by atoms with van der Waals surface area (Å²) in [5.41, 5.74) is 6.74. The minimum Gasteiger partial charge on any atom is -0.386 e. The molecule has 0 aliphatic rings. The predicted octanol–water partition coefficient (Wildman–Crippen LogP) is 4.69. The van der Waals surface area contributed by atoms with Gasteiger partial charge < -0.3 is 10.6 Å². The first-order valence-electron chi connectivity index (χ1n) is 5.60. The van der Waals surface area contributed by atoms with Crippen LogP contribution in [0.15, 0.2) is 0 Å². The van der Waals surface area contributed by atoms with Crippen molar-refractivity contribution in [2.75, 3.05) is 17.7 Å². The van der Waals surface area contributed by atoms with E-state index in [4.69, 9.17) is 0 Å². The maximum Gasteiger partial charge on any atom is 0.221 e. The fraction of sp³-hybridized carbons (Fsp3) is 0.462. The fourth-order valence-corrected chi connectivity index (χ4v) is 1.96. The van der Waals surface area contributed by atoms with Gasteiger partial charge in [0.05, 0.1) is 11.4 Å². The Balaban J connectivity index is 0.00000137. The highest BCUT2D eigenvalue weighted by atomic mass is 128. The summed E-state index contributed by atoms with van der Waals surface area (Å²) in [6.07, 6.45) is 0. The lowest BCUT2D eigenvalue weighted by Crippen LogP contribution is -2.12. The summed E-state index contributed by atoms with van der Waals surface area (Å²) in [7, 11) is 1.88. The SMILES string of the molecule is CNc1c(C)c(C)c(C)c(C)c1NC(C)=O.II. The first-order chi connectivity index (χ1) is 8.40. The number of anilines is 2. The van der Waals surface area contributed by atoms with Gasteiger partial charge in [0.25, 0.3) is 0 Å². The molecule has 0 heterocycles. The third kappa shape index (κ3) is 3.97. The monoisotopic (exact) mass is 474 g/mol. The van der Waals surface area contributed by atoms with Crippen LogP contribution in [-0.4, -0.2) is 13.0 Å². The summed E-state index contributed by atoms with van der Waals surface area (Å²) in [6.45, 7) is 9.83. The van der Waals surface area contributed by atoms with Crippen molar-refractivity contribution in [3.05, 3.63) is 22.3 Å². The topological polar surface area (TPSA) is 41.1 Å². The number of carbonyl (C=O) groups excluding carboxylic acids is 1. The normalized spacial score (nSPS) is 9.33. The Hall–Kier alpha value is -0.0500. The number of halogens is 2. The molecule has 0 aliphatic heterocycles. The van der Waals surface area contributed by atoms with E-state index in [1.807, 2.05) is 14.0 Å². The number of nitrogens with one attached hydrogen (secondary N) is 2. The van der Waals surface area contributed by atoms with Crippen molar-refractivity contribution in [2.24, 2.45) is 0 Å². The molecule has 0 unspecified atom stereocenters. The largest absolute Gasteiger partial charge is 0.386 e. The molecule has 0 bridgehead atoms. The minimum absolute atomic E-state index is 0.0396. The highest BCUT2D eigenvalue weighted by Crippen LogP contribution is 2.34. The van der Waals surface area contributed by atoms with Crippen molar-refractivity contribution < 1.29 is 4.79 Å². The first kappa shape index (κ1) is 17.9. The van der Waals surface area contributed by atoms with Gasteiger partial charge >= 0.3 is 0 Å². The number of amides is 1. The Kier molecular flexibility index (Phi) is 8.16. The van der Waals surface area contributed by atoms with Crippen molar-refractivity contribution in [3.63, 3.8) is 0 Å². The van der Waals surface area contributed by atoms with E-state index < -0.39 is 0 Å². The molecule has 0 aliphatic carbocycles. The smallest absolute Gasteiger partial charge is 0.221 e. The molecular formula is C13H20I2N2O. The van der Waals surface area contributed by atoms with Gasteiger partial charge in [0.2, 0.25) is 5.91 Å². The zero-order valence-electron chi connectivity index (χ0n) is 11.7. The van der Waals surface area contributed by atoms with E-state index in [0.717, 1.165) is 16.9 Å². The number of hydrogen-bond donors (Lipinski definition) is 2. The van der Waals surface area contributed by atoms with Crippen LogP contribution in [0, 0.1) is 27.7 Å². The molecule has 1 amide bonds. The van der Waals surface area contributed by atoms with E-state index in [2.05, 4.69) is 68.6 Å². The zero-order valence-corrected chi connectivity index (χ0v) is 16.0. The van der Waals surface area contributed by atoms with E-state index in [1.54, 1.807) is 0 Å². The van der Waals surface area contributed by atoms with Gasteiger partial charge in [-0.25, -0.2) is 0 Å². The predicted molar refractivity (Wildman–Crippen MR) is 97.3 cm³/mol. The lowest BCUT2D eigenvalue weighted by atomic mass is 9.95. The van der Waals surface area contributed by atoms with Crippen molar-refractivity contribution in [2.45, 2.75) is 34.6 Å². The van der Waals surface area contributed by atoms with Gasteiger partial charge in [-0.1, -0.05) is 0 Å². The average Bonchev–Trinajstić information content (AvgIpc) is 2.36. The van der Waals surface area contributed by atoms with Gasteiger partial charge in [-0.3, -0.25) is 4.79 Å². The molecule has 1 aromatic carbocycles. The molecule has 0 saturated carbocycles. The van der Waals surface area contributed by atoms with Crippen LogP contribution in [0.25, 0.3) is 0 Å². The molecule has 5 heteroatoms. The number of carbonyl (C=O) groups is 1. The molecule has 0 saturated heterocycles. The Labute approximate surface area is 133 Å². The molecule has 1 aromatic rings. The second-order valence-corrected chi connectivity index (χ2v) is 4.18. The lowest BCUT2D eigenvalue weighted by Gasteiger charge is -2.20. The number of rotatable bonds is 2. The minimum atomic E-state index is -0.0396. The number of benzene rings is 1. The lowest BCUT2D eigenvalue weighted by molar-refractivity contribution is -0.114. The second kappa shape index (κ2) is 8.19. The highest BCUT2D eigenvalue weighted by Gasteiger charge is 2.14. The molecule has 0 spiro atoms. The van der Waals surface area contributed by atoms with E-state index in [-0.39, 0.29) is 5.91 Å². The van der Waals surface area contributed by atoms with E-state index in [1.165, 1.54) is 23.6 Å². The maximum absolute atomic E-state index is 11.2. The Morgan fingerprint density at radius 3 is 1.61 bits per heavy atom. The quantitative estimate of drug-likeness (QED) is 0.611. The molecule has 2 N–H and O–H groups in total. The van der Waals surface area contributed by atoms with Gasteiger partial charge in [0.15, 0.2) is 0 Å². The van der Waals surface area contributed by atoms with E-state index in [9.17, 15) is 4.79 Å². The van der Waals surface area contributed by atoms with Crippen LogP contribution in [0.3, 0.4) is 0 Å². The molecule has 0 atom stereocenters. The molecule has 3 nitrogen and oxygen atoms in total. The maximum atomic E-state index is 11.2. The van der Waals surface area contributed by atoms with Crippen LogP contribution in [0.1, 0.15) is 29.2 Å². The Morgan fingerprint density at radius 1 is 0.889 bits per heavy atom. The summed E-state index contributed by atoms with van der Waals surface area (Å²) >= 11 is 4.24. The molecule has 0 radical (unpaired) electrons. The van der Waals surface area contributed by atoms with Gasteiger partial charge in [-0.05, 0) is 49.9 Å². The van der Waals surface area contributed by atoms with Crippen LogP contribution in [0.5, 0.6) is 0 Å². The van der Waals surface area contributed by atoms with E-state index in [0.29, 0.717) is 0 Å². The molecule has 0 aromatic heterocycles. The van der Waals surface area contributed by atoms with Crippen LogP contribution in [0.2, 0.25) is 0 Å². The second-order valence-electron chi connectivity index (χ2n) is 4.18. The Morgan fingerprint density at radius 2 is 1.28 bits per heavy atom. The average molecular weight is 474 g/mol. The van der Waals surface area contributed by atoms with E-state index >= 15 is 0 Å². The molecule has 0 fully saturated rings. The van der Waals surface area contributed by atoms with Crippen molar-refractivity contribution in [1.29, 1.82) is 0 Å². The summed E-state index contributed by atoms with van der Waals surface area (Å²) in [5, 5.41) is 6.06. The van der Waals surface area contributed by atoms with Gasteiger partial charge in [0.1, 0.15) is 0 Å². The van der Waals surface area contributed by atoms with Crippen molar-refractivity contribution in [1.82, 2.24) is 0 Å². The third-order valence-corrected chi connectivity index (χ3v) is 3.24. The van der Waals surface area contributed by atoms with Gasteiger partial charge in [0, 0.05) is 51.2 Å². The van der Waals surface area contributed by atoms with Gasteiger partial charge in [-0.2, -0.15) is 0 Å². The zero-order chi connectivity index (χ0) is 14.5. The van der Waals surface area contributed by atoms with Crippen LogP contribution in [0.4, 0.5) is 11.4 Å². The van der Waals surface area contributed by atoms with Crippen molar-refractivity contribution >= 4 is 54.5 Å². The number of hydrogen-bond acceptors (Lipinski definition) is 2. The first-order valence-corrected chi connectivity index (χ1v) is 11.9. The standard InChI is InChI=1S/C13H20N2O.I2/c1-7-8(2)10(4)13(15-11(5)16)12(14-6)9(7)3;1-2/h14H,1-6H3,(H,15,16);. The Bertz CT molecular complexity index is 445. The molecule has 102 valence electrons. The summed E-state index contributed by atoms with van der Waals surface area (Å²) in [4.78, 5) is 11.2. The molecule has 18 heavy (non-hydrogen) atoms. The molecule has 1 rings (SSSR count). The van der Waals surface area contributed by atoms with Crippen molar-refractivity contribution in [3.8, 4) is 0 Å². The molecular weight excluding hydrogens is 454 g/mol. The van der Waals surface area contributed by atoms with Crippen LogP contribution in [-0.2, 0) is 4.79 Å². The van der Waals surface area contributed by atoms with Crippen LogP contribution < -0.4 is 10.6 Å². The fourth-order valence-electron chi connectivity index (χ4n) is 1.96. The highest BCUT2D eigenvalue weighted by molar-refractivity contribution is 15.0. The summed E-state index contributed by atoms with van der Waals surface area (Å²) in [6, 6.07) is 0. The third-order valence-electron chi connectivity index (χ3n) is 3.24. The van der Waals surface area contributed by atoms with Crippen LogP contribution >= 0.6 is 37.2 Å². The van der Waals surface area contributed by atoms with Gasteiger partial charge in [-0.15, -0.1) is 0 Å². The summed E-state index contributed by atoms with van der Waals surface area (Å²) in [5.74, 6) is -0.0396.